The summed E-state index contributed by atoms with van der Waals surface area (Å²) in [6.45, 7) is 0. The summed E-state index contributed by atoms with van der Waals surface area (Å²) in [6, 6.07) is 4.18. The van der Waals surface area contributed by atoms with Crippen LogP contribution in [0.4, 0.5) is 0 Å². The van der Waals surface area contributed by atoms with Crippen LogP contribution in [0, 0.1) is 0 Å². The molecule has 5 heterocycles. The predicted molar refractivity (Wildman–Crippen MR) is 93.4 cm³/mol. The molecule has 0 fully saturated rings. The Morgan fingerprint density at radius 2 is 1.83 bits per heavy atom. The zero-order valence-electron chi connectivity index (χ0n) is 13.0. The minimum absolute atomic E-state index is 0.876. The van der Waals surface area contributed by atoms with Gasteiger partial charge in [0.25, 0.3) is 0 Å². The van der Waals surface area contributed by atoms with Crippen molar-refractivity contribution in [3.63, 3.8) is 0 Å². The maximum Gasteiger partial charge on any atom is 0.137 e. The number of aryl methyl sites for hydroxylation is 1. The van der Waals surface area contributed by atoms with E-state index in [2.05, 4.69) is 31.1 Å². The summed E-state index contributed by atoms with van der Waals surface area (Å²) in [5, 5.41) is 6.49. The SMILES string of the molecule is Cn1cc(-c2cnc3[nH]cc(-c4c[nH]c5cnccc45)c3c2)cn1. The van der Waals surface area contributed by atoms with Crippen LogP contribution in [0.1, 0.15) is 0 Å². The van der Waals surface area contributed by atoms with Crippen molar-refractivity contribution in [2.45, 2.75) is 0 Å². The van der Waals surface area contributed by atoms with Gasteiger partial charge in [-0.25, -0.2) is 4.98 Å². The first-order valence-corrected chi connectivity index (χ1v) is 7.67. The molecule has 0 aromatic carbocycles. The minimum atomic E-state index is 0.876. The van der Waals surface area contributed by atoms with Gasteiger partial charge >= 0.3 is 0 Å². The van der Waals surface area contributed by atoms with Gasteiger partial charge in [0, 0.05) is 71.1 Å². The van der Waals surface area contributed by atoms with Crippen molar-refractivity contribution in [3.05, 3.63) is 55.5 Å². The van der Waals surface area contributed by atoms with Crippen LogP contribution in [0.3, 0.4) is 0 Å². The molecule has 0 atom stereocenters. The number of nitrogens with one attached hydrogen (secondary N) is 2. The van der Waals surface area contributed by atoms with Gasteiger partial charge in [-0.15, -0.1) is 0 Å². The Hall–Kier alpha value is -3.41. The normalized spacial score (nSPS) is 11.5. The largest absolute Gasteiger partial charge is 0.359 e. The van der Waals surface area contributed by atoms with E-state index in [4.69, 9.17) is 0 Å². The lowest BCUT2D eigenvalue weighted by molar-refractivity contribution is 0.768. The quantitative estimate of drug-likeness (QED) is 0.523. The molecule has 0 bridgehead atoms. The number of pyridine rings is 2. The van der Waals surface area contributed by atoms with Gasteiger partial charge in [-0.2, -0.15) is 5.10 Å². The van der Waals surface area contributed by atoms with Gasteiger partial charge in [0.05, 0.1) is 17.9 Å². The molecule has 0 aliphatic heterocycles. The molecular formula is C18H14N6. The van der Waals surface area contributed by atoms with Gasteiger partial charge in [-0.3, -0.25) is 9.67 Å². The van der Waals surface area contributed by atoms with E-state index in [-0.39, 0.29) is 0 Å². The smallest absolute Gasteiger partial charge is 0.137 e. The molecule has 0 unspecified atom stereocenters. The highest BCUT2D eigenvalue weighted by Gasteiger charge is 2.13. The van der Waals surface area contributed by atoms with E-state index >= 15 is 0 Å². The Morgan fingerprint density at radius 1 is 0.958 bits per heavy atom. The number of aromatic nitrogens is 6. The number of rotatable bonds is 2. The van der Waals surface area contributed by atoms with E-state index in [1.807, 2.05) is 56.5 Å². The van der Waals surface area contributed by atoms with Crippen molar-refractivity contribution < 1.29 is 0 Å². The molecule has 5 aromatic heterocycles. The second-order valence-corrected chi connectivity index (χ2v) is 5.85. The van der Waals surface area contributed by atoms with Crippen LogP contribution >= 0.6 is 0 Å². The van der Waals surface area contributed by atoms with Gasteiger partial charge in [0.2, 0.25) is 0 Å². The first kappa shape index (κ1) is 13.1. The molecule has 0 saturated heterocycles. The van der Waals surface area contributed by atoms with E-state index in [9.17, 15) is 0 Å². The number of fused-ring (bicyclic) bond motifs is 2. The molecule has 6 nitrogen and oxygen atoms in total. The van der Waals surface area contributed by atoms with Crippen molar-refractivity contribution in [3.8, 4) is 22.3 Å². The highest BCUT2D eigenvalue weighted by molar-refractivity contribution is 6.04. The summed E-state index contributed by atoms with van der Waals surface area (Å²) in [7, 11) is 1.91. The molecular weight excluding hydrogens is 300 g/mol. The highest BCUT2D eigenvalue weighted by Crippen LogP contribution is 2.34. The number of nitrogens with zero attached hydrogens (tertiary/aromatic N) is 4. The Kier molecular flexibility index (Phi) is 2.61. The van der Waals surface area contributed by atoms with E-state index in [0.717, 1.165) is 44.2 Å². The monoisotopic (exact) mass is 314 g/mol. The molecule has 24 heavy (non-hydrogen) atoms. The molecule has 5 rings (SSSR count). The summed E-state index contributed by atoms with van der Waals surface area (Å²) in [5.74, 6) is 0. The maximum absolute atomic E-state index is 4.56. The Morgan fingerprint density at radius 3 is 2.71 bits per heavy atom. The Bertz CT molecular complexity index is 1180. The molecule has 5 aromatic rings. The number of hydrogen-bond acceptors (Lipinski definition) is 3. The fraction of sp³-hybridized carbons (Fsp3) is 0.0556. The highest BCUT2D eigenvalue weighted by atomic mass is 15.2. The Labute approximate surface area is 137 Å². The molecule has 6 heteroatoms. The second kappa shape index (κ2) is 4.79. The van der Waals surface area contributed by atoms with Gasteiger partial charge in [-0.1, -0.05) is 0 Å². The van der Waals surface area contributed by atoms with Gasteiger partial charge in [0.15, 0.2) is 0 Å². The second-order valence-electron chi connectivity index (χ2n) is 5.85. The van der Waals surface area contributed by atoms with Crippen LogP contribution in [0.5, 0.6) is 0 Å². The van der Waals surface area contributed by atoms with Crippen LogP contribution in [-0.2, 0) is 7.05 Å². The van der Waals surface area contributed by atoms with Crippen molar-refractivity contribution in [2.75, 3.05) is 0 Å². The fourth-order valence-electron chi connectivity index (χ4n) is 3.15. The van der Waals surface area contributed by atoms with Gasteiger partial charge in [0.1, 0.15) is 5.65 Å². The molecule has 2 N–H and O–H groups in total. The molecule has 0 amide bonds. The topological polar surface area (TPSA) is 75.2 Å². The lowest BCUT2D eigenvalue weighted by atomic mass is 10.0. The molecule has 0 aliphatic carbocycles. The first-order chi connectivity index (χ1) is 11.8. The predicted octanol–water partition coefficient (Wildman–Crippen LogP) is 3.51. The van der Waals surface area contributed by atoms with Crippen LogP contribution in [0.15, 0.2) is 55.5 Å². The zero-order valence-corrected chi connectivity index (χ0v) is 13.0. The number of H-pyrrole nitrogens is 2. The van der Waals surface area contributed by atoms with Crippen molar-refractivity contribution in [2.24, 2.45) is 7.05 Å². The van der Waals surface area contributed by atoms with Crippen molar-refractivity contribution in [1.82, 2.24) is 29.7 Å². The van der Waals surface area contributed by atoms with Crippen LogP contribution < -0.4 is 0 Å². The molecule has 0 saturated carbocycles. The van der Waals surface area contributed by atoms with Crippen LogP contribution in [-0.4, -0.2) is 29.7 Å². The van der Waals surface area contributed by atoms with E-state index in [1.54, 1.807) is 4.68 Å². The third-order valence-electron chi connectivity index (χ3n) is 4.34. The van der Waals surface area contributed by atoms with Crippen molar-refractivity contribution in [1.29, 1.82) is 0 Å². The number of hydrogen-bond donors (Lipinski definition) is 2. The fourth-order valence-corrected chi connectivity index (χ4v) is 3.15. The number of aromatic amines is 2. The third-order valence-corrected chi connectivity index (χ3v) is 4.34. The van der Waals surface area contributed by atoms with Gasteiger partial charge in [-0.05, 0) is 12.1 Å². The summed E-state index contributed by atoms with van der Waals surface area (Å²) in [5.41, 5.74) is 6.28. The maximum atomic E-state index is 4.56. The standard InChI is InChI=1S/C18H14N6/c1-24-10-12(6-23-24)11-4-14-16(8-22-18(14)21-5-11)15-7-20-17-9-19-3-2-13(15)17/h2-10,20H,1H3,(H,21,22). The van der Waals surface area contributed by atoms with E-state index in [0.29, 0.717) is 0 Å². The lowest BCUT2D eigenvalue weighted by Gasteiger charge is -2.00. The van der Waals surface area contributed by atoms with Crippen molar-refractivity contribution >= 4 is 21.9 Å². The summed E-state index contributed by atoms with van der Waals surface area (Å²) in [6.07, 6.45) is 13.4. The molecule has 116 valence electrons. The minimum Gasteiger partial charge on any atom is -0.359 e. The molecule has 0 aliphatic rings. The van der Waals surface area contributed by atoms with Gasteiger partial charge < -0.3 is 9.97 Å². The summed E-state index contributed by atoms with van der Waals surface area (Å²) >= 11 is 0. The van der Waals surface area contributed by atoms with Crippen LogP contribution in [0.25, 0.3) is 44.2 Å². The average molecular weight is 314 g/mol. The molecule has 0 spiro atoms. The molecule has 0 radical (unpaired) electrons. The lowest BCUT2D eigenvalue weighted by Crippen LogP contribution is -1.84. The zero-order chi connectivity index (χ0) is 16.1. The summed E-state index contributed by atoms with van der Waals surface area (Å²) < 4.78 is 1.80. The third kappa shape index (κ3) is 1.86. The Balaban J connectivity index is 1.74. The van der Waals surface area contributed by atoms with E-state index in [1.165, 1.54) is 0 Å². The van der Waals surface area contributed by atoms with Crippen LogP contribution in [0.2, 0.25) is 0 Å². The van der Waals surface area contributed by atoms with E-state index < -0.39 is 0 Å². The average Bonchev–Trinajstić information content (AvgIpc) is 3.31. The summed E-state index contributed by atoms with van der Waals surface area (Å²) in [4.78, 5) is 15.3. The first-order valence-electron chi connectivity index (χ1n) is 7.67.